The number of anilines is 2. The van der Waals surface area contributed by atoms with Crippen LogP contribution in [0.4, 0.5) is 11.4 Å². The van der Waals surface area contributed by atoms with E-state index in [0.29, 0.717) is 0 Å². The van der Waals surface area contributed by atoms with Crippen molar-refractivity contribution in [3.63, 3.8) is 0 Å². The van der Waals surface area contributed by atoms with Crippen molar-refractivity contribution in [2.75, 3.05) is 10.3 Å². The third-order valence-electron chi connectivity index (χ3n) is 3.39. The van der Waals surface area contributed by atoms with Crippen LogP contribution in [0.25, 0.3) is 0 Å². The zero-order chi connectivity index (χ0) is 16.0. The van der Waals surface area contributed by atoms with Gasteiger partial charge in [0.2, 0.25) is 10.0 Å². The number of hydrogen-bond donors (Lipinski definition) is 3. The van der Waals surface area contributed by atoms with Crippen LogP contribution in [0.2, 0.25) is 0 Å². The molecule has 0 radical (unpaired) electrons. The Labute approximate surface area is 142 Å². The van der Waals surface area contributed by atoms with Gasteiger partial charge in [0.1, 0.15) is 10.1 Å². The second-order valence-corrected chi connectivity index (χ2v) is 8.63. The highest BCUT2D eigenvalue weighted by Gasteiger charge is 2.33. The lowest BCUT2D eigenvalue weighted by Gasteiger charge is -2.12. The minimum absolute atomic E-state index is 0.0928. The van der Waals surface area contributed by atoms with E-state index in [4.69, 9.17) is 5.14 Å². The summed E-state index contributed by atoms with van der Waals surface area (Å²) < 4.78 is 24.1. The maximum Gasteiger partial charge on any atom is 0.238 e. The van der Waals surface area contributed by atoms with Crippen molar-refractivity contribution in [2.45, 2.75) is 9.79 Å². The van der Waals surface area contributed by atoms with Crippen molar-refractivity contribution in [3.8, 4) is 0 Å². The molecule has 0 amide bonds. The maximum absolute atomic E-state index is 11.5. The van der Waals surface area contributed by atoms with Gasteiger partial charge in [-0.2, -0.15) is 4.83 Å². The van der Waals surface area contributed by atoms with E-state index in [-0.39, 0.29) is 4.90 Å². The smallest absolute Gasteiger partial charge is 0.238 e. The highest BCUT2D eigenvalue weighted by molar-refractivity contribution is 8.21. The third kappa shape index (κ3) is 2.70. The summed E-state index contributed by atoms with van der Waals surface area (Å²) in [6.07, 6.45) is 0. The van der Waals surface area contributed by atoms with Crippen LogP contribution in [0.5, 0.6) is 0 Å². The summed E-state index contributed by atoms with van der Waals surface area (Å²) >= 11 is 3.12. The van der Waals surface area contributed by atoms with Gasteiger partial charge in [-0.3, -0.25) is 0 Å². The summed E-state index contributed by atoms with van der Waals surface area (Å²) in [5, 5.41) is 10.4. The number of primary sulfonamides is 1. The van der Waals surface area contributed by atoms with Gasteiger partial charge in [-0.25, -0.2) is 18.6 Å². The van der Waals surface area contributed by atoms with Gasteiger partial charge in [-0.1, -0.05) is 30.0 Å². The standard InChI is InChI=1S/C14H12N4O2S3/c15-23(19,20)10-6-7-11-12(8-10)18-13(16-11)14(22-17-18)21-9-4-2-1-3-5-9/h1-8,16-17H,(H2,15,19,20). The topological polar surface area (TPSA) is 87.5 Å². The van der Waals surface area contributed by atoms with Crippen LogP contribution in [0.15, 0.2) is 68.4 Å². The predicted molar refractivity (Wildman–Crippen MR) is 94.0 cm³/mol. The van der Waals surface area contributed by atoms with E-state index in [1.54, 1.807) is 23.9 Å². The highest BCUT2D eigenvalue weighted by Crippen LogP contribution is 2.48. The van der Waals surface area contributed by atoms with Crippen LogP contribution in [0.3, 0.4) is 0 Å². The molecule has 0 atom stereocenters. The molecular weight excluding hydrogens is 352 g/mol. The fourth-order valence-electron chi connectivity index (χ4n) is 2.32. The number of sulfonamides is 1. The molecule has 0 unspecified atom stereocenters. The SMILES string of the molecule is NS(=O)(=O)c1ccc2c(c1)N1NSC(Sc3ccccc3)=C1N2. The van der Waals surface area contributed by atoms with E-state index in [9.17, 15) is 8.42 Å². The van der Waals surface area contributed by atoms with Crippen LogP contribution in [-0.2, 0) is 10.0 Å². The summed E-state index contributed by atoms with van der Waals surface area (Å²) in [6, 6.07) is 14.8. The van der Waals surface area contributed by atoms with Crippen LogP contribution in [-0.4, -0.2) is 8.42 Å². The van der Waals surface area contributed by atoms with Crippen molar-refractivity contribution < 1.29 is 8.42 Å². The number of hydrazine groups is 1. The monoisotopic (exact) mass is 364 g/mol. The van der Waals surface area contributed by atoms with Gasteiger partial charge in [-0.15, -0.1) is 0 Å². The van der Waals surface area contributed by atoms with Gasteiger partial charge in [0.25, 0.3) is 0 Å². The molecule has 23 heavy (non-hydrogen) atoms. The number of nitrogens with zero attached hydrogens (tertiary/aromatic N) is 1. The Morgan fingerprint density at radius 2 is 1.91 bits per heavy atom. The summed E-state index contributed by atoms with van der Waals surface area (Å²) in [6.45, 7) is 0. The Bertz CT molecular complexity index is 913. The van der Waals surface area contributed by atoms with Gasteiger partial charge in [0, 0.05) is 4.90 Å². The van der Waals surface area contributed by atoms with Crippen LogP contribution < -0.4 is 20.3 Å². The molecule has 0 spiro atoms. The molecule has 4 rings (SSSR count). The number of thioether (sulfide) groups is 1. The summed E-state index contributed by atoms with van der Waals surface area (Å²) in [4.78, 5) is 4.41. The molecule has 6 nitrogen and oxygen atoms in total. The first-order chi connectivity index (χ1) is 11.0. The summed E-state index contributed by atoms with van der Waals surface area (Å²) in [5.74, 6) is 0.894. The Morgan fingerprint density at radius 1 is 1.13 bits per heavy atom. The van der Waals surface area contributed by atoms with Crippen LogP contribution >= 0.6 is 23.7 Å². The van der Waals surface area contributed by atoms with Gasteiger partial charge in [-0.05, 0) is 42.3 Å². The number of fused-ring (bicyclic) bond motifs is 3. The molecule has 2 heterocycles. The van der Waals surface area contributed by atoms with Crippen molar-refractivity contribution in [2.24, 2.45) is 5.14 Å². The molecule has 0 aliphatic carbocycles. The number of nitrogens with one attached hydrogen (secondary N) is 2. The largest absolute Gasteiger partial charge is 0.337 e. The minimum Gasteiger partial charge on any atom is -0.337 e. The first-order valence-corrected chi connectivity index (χ1v) is 9.84. The molecule has 118 valence electrons. The molecule has 0 aromatic heterocycles. The first-order valence-electron chi connectivity index (χ1n) is 6.66. The Kier molecular flexibility index (Phi) is 3.54. The van der Waals surface area contributed by atoms with E-state index in [1.165, 1.54) is 18.0 Å². The molecule has 2 aliphatic heterocycles. The van der Waals surface area contributed by atoms with Crippen LogP contribution in [0, 0.1) is 0 Å². The molecule has 0 fully saturated rings. The average molecular weight is 364 g/mol. The zero-order valence-electron chi connectivity index (χ0n) is 11.7. The van der Waals surface area contributed by atoms with E-state index < -0.39 is 10.0 Å². The second-order valence-electron chi connectivity index (χ2n) is 4.93. The van der Waals surface area contributed by atoms with E-state index in [1.807, 2.05) is 35.3 Å². The second kappa shape index (κ2) is 5.46. The van der Waals surface area contributed by atoms with Crippen molar-refractivity contribution >= 4 is 45.1 Å². The van der Waals surface area contributed by atoms with Gasteiger partial charge in [0.05, 0.1) is 16.3 Å². The number of rotatable bonds is 3. The fourth-order valence-corrected chi connectivity index (χ4v) is 4.77. The van der Waals surface area contributed by atoms with Crippen molar-refractivity contribution in [1.29, 1.82) is 0 Å². The Hall–Kier alpha value is -1.65. The van der Waals surface area contributed by atoms with Gasteiger partial charge >= 0.3 is 0 Å². The van der Waals surface area contributed by atoms with Gasteiger partial charge in [0.15, 0.2) is 0 Å². The molecule has 0 saturated heterocycles. The normalized spacial score (nSPS) is 16.3. The maximum atomic E-state index is 11.5. The lowest BCUT2D eigenvalue weighted by atomic mass is 10.3. The fraction of sp³-hybridized carbons (Fsp3) is 0. The van der Waals surface area contributed by atoms with Crippen molar-refractivity contribution in [3.05, 3.63) is 58.6 Å². The molecule has 2 aromatic carbocycles. The number of benzene rings is 2. The highest BCUT2D eigenvalue weighted by atomic mass is 32.2. The summed E-state index contributed by atoms with van der Waals surface area (Å²) in [7, 11) is -3.73. The molecule has 2 aliphatic rings. The van der Waals surface area contributed by atoms with Crippen LogP contribution in [0.1, 0.15) is 0 Å². The van der Waals surface area contributed by atoms with E-state index >= 15 is 0 Å². The zero-order valence-corrected chi connectivity index (χ0v) is 14.1. The molecule has 0 bridgehead atoms. The third-order valence-corrected chi connectivity index (χ3v) is 6.34. The molecule has 2 aromatic rings. The average Bonchev–Trinajstić information content (AvgIpc) is 3.07. The molecule has 9 heteroatoms. The first kappa shape index (κ1) is 14.9. The number of nitrogens with two attached hydrogens (primary N) is 1. The Morgan fingerprint density at radius 3 is 2.65 bits per heavy atom. The minimum atomic E-state index is -3.73. The molecular formula is C14H12N4O2S3. The van der Waals surface area contributed by atoms with Crippen molar-refractivity contribution in [1.82, 2.24) is 4.83 Å². The number of hydrogen-bond acceptors (Lipinski definition) is 7. The molecule has 0 saturated carbocycles. The summed E-state index contributed by atoms with van der Waals surface area (Å²) in [5.41, 5.74) is 1.58. The quantitative estimate of drug-likeness (QED) is 0.722. The lowest BCUT2D eigenvalue weighted by Crippen LogP contribution is -2.26. The Balaban J connectivity index is 1.69. The molecule has 4 N–H and O–H groups in total. The van der Waals surface area contributed by atoms with Gasteiger partial charge < -0.3 is 5.32 Å². The van der Waals surface area contributed by atoms with E-state index in [2.05, 4.69) is 10.1 Å². The van der Waals surface area contributed by atoms with E-state index in [0.717, 1.165) is 26.3 Å². The lowest BCUT2D eigenvalue weighted by molar-refractivity contribution is 0.598. The predicted octanol–water partition coefficient (Wildman–Crippen LogP) is 2.65.